The first-order valence-corrected chi connectivity index (χ1v) is 8.20. The largest absolute Gasteiger partial charge is 0.339 e. The van der Waals surface area contributed by atoms with Crippen molar-refractivity contribution in [1.82, 2.24) is 15.3 Å². The van der Waals surface area contributed by atoms with Crippen LogP contribution in [0.5, 0.6) is 0 Å². The average Bonchev–Trinajstić information content (AvgIpc) is 2.77. The van der Waals surface area contributed by atoms with Crippen LogP contribution in [0.2, 0.25) is 0 Å². The monoisotopic (exact) mass is 274 g/mol. The number of hydrogen-bond acceptors (Lipinski definition) is 4. The molecule has 1 aliphatic heterocycles. The molecule has 4 nitrogen and oxygen atoms in total. The number of aromatic nitrogens is 2. The third-order valence-electron chi connectivity index (χ3n) is 4.58. The van der Waals surface area contributed by atoms with Crippen LogP contribution in [-0.2, 0) is 0 Å². The molecule has 3 rings (SSSR count). The van der Waals surface area contributed by atoms with E-state index in [-0.39, 0.29) is 0 Å². The normalized spacial score (nSPS) is 25.4. The molecule has 1 aliphatic carbocycles. The van der Waals surface area contributed by atoms with Gasteiger partial charge in [-0.2, -0.15) is 0 Å². The van der Waals surface area contributed by atoms with E-state index in [0.29, 0.717) is 6.04 Å². The van der Waals surface area contributed by atoms with E-state index in [4.69, 9.17) is 0 Å². The molecule has 0 amide bonds. The molecule has 1 N–H and O–H groups in total. The highest BCUT2D eigenvalue weighted by molar-refractivity contribution is 5.29. The number of nitrogens with one attached hydrogen (secondary N) is 1. The zero-order valence-electron chi connectivity index (χ0n) is 12.3. The van der Waals surface area contributed by atoms with Crippen LogP contribution in [0.15, 0.2) is 18.5 Å². The van der Waals surface area contributed by atoms with E-state index in [1.807, 2.05) is 18.5 Å². The van der Waals surface area contributed by atoms with Crippen molar-refractivity contribution in [2.45, 2.75) is 63.5 Å². The van der Waals surface area contributed by atoms with E-state index in [9.17, 15) is 0 Å². The zero-order chi connectivity index (χ0) is 13.6. The second-order valence-electron chi connectivity index (χ2n) is 6.19. The van der Waals surface area contributed by atoms with Gasteiger partial charge in [0.2, 0.25) is 5.95 Å². The molecule has 2 aliphatic rings. The van der Waals surface area contributed by atoms with Gasteiger partial charge in [-0.15, -0.1) is 0 Å². The quantitative estimate of drug-likeness (QED) is 0.861. The Morgan fingerprint density at radius 1 is 0.900 bits per heavy atom. The molecule has 0 bridgehead atoms. The lowest BCUT2D eigenvalue weighted by Gasteiger charge is -2.35. The summed E-state index contributed by atoms with van der Waals surface area (Å²) in [5.74, 6) is 0.889. The Balaban J connectivity index is 1.55. The second-order valence-corrected chi connectivity index (χ2v) is 6.19. The lowest BCUT2D eigenvalue weighted by molar-refractivity contribution is 0.350. The van der Waals surface area contributed by atoms with Crippen LogP contribution in [0.4, 0.5) is 5.95 Å². The van der Waals surface area contributed by atoms with Crippen LogP contribution in [0, 0.1) is 0 Å². The maximum atomic E-state index is 4.39. The van der Waals surface area contributed by atoms with Crippen LogP contribution in [-0.4, -0.2) is 35.1 Å². The summed E-state index contributed by atoms with van der Waals surface area (Å²) < 4.78 is 0. The third kappa shape index (κ3) is 3.69. The maximum Gasteiger partial charge on any atom is 0.225 e. The minimum Gasteiger partial charge on any atom is -0.339 e. The van der Waals surface area contributed by atoms with Gasteiger partial charge in [0.25, 0.3) is 0 Å². The first kappa shape index (κ1) is 13.8. The fourth-order valence-corrected chi connectivity index (χ4v) is 3.53. The van der Waals surface area contributed by atoms with Crippen molar-refractivity contribution in [1.29, 1.82) is 0 Å². The molecule has 0 radical (unpaired) electrons. The van der Waals surface area contributed by atoms with Crippen LogP contribution < -0.4 is 10.2 Å². The van der Waals surface area contributed by atoms with E-state index in [0.717, 1.165) is 25.1 Å². The van der Waals surface area contributed by atoms with Gasteiger partial charge in [0.15, 0.2) is 0 Å². The highest BCUT2D eigenvalue weighted by atomic mass is 15.3. The zero-order valence-corrected chi connectivity index (χ0v) is 12.3. The summed E-state index contributed by atoms with van der Waals surface area (Å²) >= 11 is 0. The van der Waals surface area contributed by atoms with Gasteiger partial charge >= 0.3 is 0 Å². The van der Waals surface area contributed by atoms with Crippen LogP contribution in [0.3, 0.4) is 0 Å². The summed E-state index contributed by atoms with van der Waals surface area (Å²) in [7, 11) is 0. The van der Waals surface area contributed by atoms with Gasteiger partial charge in [-0.05, 0) is 31.7 Å². The van der Waals surface area contributed by atoms with Gasteiger partial charge in [0.05, 0.1) is 0 Å². The molecular formula is C16H26N4. The lowest BCUT2D eigenvalue weighted by Crippen LogP contribution is -2.49. The predicted molar refractivity (Wildman–Crippen MR) is 81.9 cm³/mol. The van der Waals surface area contributed by atoms with Crippen molar-refractivity contribution in [3.63, 3.8) is 0 Å². The molecule has 1 aromatic rings. The van der Waals surface area contributed by atoms with Crippen molar-refractivity contribution in [3.05, 3.63) is 18.5 Å². The van der Waals surface area contributed by atoms with Crippen LogP contribution in [0.25, 0.3) is 0 Å². The van der Waals surface area contributed by atoms with E-state index < -0.39 is 0 Å². The van der Waals surface area contributed by atoms with Gasteiger partial charge < -0.3 is 10.2 Å². The van der Waals surface area contributed by atoms with E-state index in [1.54, 1.807) is 0 Å². The maximum absolute atomic E-state index is 4.39. The molecule has 20 heavy (non-hydrogen) atoms. The fourth-order valence-electron chi connectivity index (χ4n) is 3.53. The van der Waals surface area contributed by atoms with Gasteiger partial charge in [-0.3, -0.25) is 0 Å². The lowest BCUT2D eigenvalue weighted by atomic mass is 10.0. The number of rotatable bonds is 3. The molecular weight excluding hydrogens is 248 g/mol. The van der Waals surface area contributed by atoms with Crippen molar-refractivity contribution in [2.24, 2.45) is 0 Å². The summed E-state index contributed by atoms with van der Waals surface area (Å²) in [4.78, 5) is 11.1. The third-order valence-corrected chi connectivity index (χ3v) is 4.58. The standard InChI is InChI=1S/C16H26N4/c1-2-4-8-14(7-3-1)19-15-9-5-12-20(13-15)16-17-10-6-11-18-16/h6,10-11,14-15,19H,1-5,7-9,12-13H2. The molecule has 1 saturated carbocycles. The molecule has 1 saturated heterocycles. The van der Waals surface area contributed by atoms with Crippen molar-refractivity contribution >= 4 is 5.95 Å². The smallest absolute Gasteiger partial charge is 0.225 e. The fraction of sp³-hybridized carbons (Fsp3) is 0.750. The Labute approximate surface area is 122 Å². The highest BCUT2D eigenvalue weighted by Crippen LogP contribution is 2.20. The summed E-state index contributed by atoms with van der Waals surface area (Å²) in [6.45, 7) is 2.15. The predicted octanol–water partition coefficient (Wildman–Crippen LogP) is 2.76. The Morgan fingerprint density at radius 3 is 2.35 bits per heavy atom. The first-order valence-electron chi connectivity index (χ1n) is 8.20. The molecule has 0 aromatic carbocycles. The Kier molecular flexibility index (Phi) is 4.85. The van der Waals surface area contributed by atoms with Crippen molar-refractivity contribution < 1.29 is 0 Å². The topological polar surface area (TPSA) is 41.1 Å². The van der Waals surface area contributed by atoms with E-state index in [2.05, 4.69) is 20.2 Å². The minimum absolute atomic E-state index is 0.607. The second kappa shape index (κ2) is 7.02. The van der Waals surface area contributed by atoms with E-state index >= 15 is 0 Å². The first-order chi connectivity index (χ1) is 9.92. The summed E-state index contributed by atoms with van der Waals surface area (Å²) in [6, 6.07) is 3.23. The molecule has 1 atom stereocenters. The molecule has 1 unspecified atom stereocenters. The molecule has 4 heteroatoms. The highest BCUT2D eigenvalue weighted by Gasteiger charge is 2.24. The van der Waals surface area contributed by atoms with Gasteiger partial charge in [-0.1, -0.05) is 25.7 Å². The number of hydrogen-bond donors (Lipinski definition) is 1. The Bertz CT molecular complexity index is 387. The van der Waals surface area contributed by atoms with Crippen molar-refractivity contribution in [2.75, 3.05) is 18.0 Å². The molecule has 2 fully saturated rings. The molecule has 110 valence electrons. The Morgan fingerprint density at radius 2 is 1.60 bits per heavy atom. The summed E-state index contributed by atoms with van der Waals surface area (Å²) in [5, 5.41) is 3.90. The van der Waals surface area contributed by atoms with Crippen LogP contribution >= 0.6 is 0 Å². The molecule has 1 aromatic heterocycles. The van der Waals surface area contributed by atoms with E-state index in [1.165, 1.54) is 51.4 Å². The summed E-state index contributed by atoms with van der Waals surface area (Å²) in [6.07, 6.45) is 14.6. The Hall–Kier alpha value is -1.16. The SMILES string of the molecule is c1cnc(N2CCCC(NC3CCCCCC3)C2)nc1. The number of nitrogens with zero attached hydrogens (tertiary/aromatic N) is 3. The summed E-state index contributed by atoms with van der Waals surface area (Å²) in [5.41, 5.74) is 0. The number of piperidine rings is 1. The van der Waals surface area contributed by atoms with Gasteiger partial charge in [0, 0.05) is 37.6 Å². The van der Waals surface area contributed by atoms with Crippen molar-refractivity contribution in [3.8, 4) is 0 Å². The van der Waals surface area contributed by atoms with Gasteiger partial charge in [0.1, 0.15) is 0 Å². The molecule has 0 spiro atoms. The minimum atomic E-state index is 0.607. The van der Waals surface area contributed by atoms with Gasteiger partial charge in [-0.25, -0.2) is 9.97 Å². The number of anilines is 1. The average molecular weight is 274 g/mol. The molecule has 2 heterocycles. The van der Waals surface area contributed by atoms with Crippen LogP contribution in [0.1, 0.15) is 51.4 Å².